The predicted molar refractivity (Wildman–Crippen MR) is 134 cm³/mol. The van der Waals surface area contributed by atoms with Crippen molar-refractivity contribution in [2.24, 2.45) is 5.73 Å². The number of hydrogen-bond donors (Lipinski definition) is 2. The first-order valence-corrected chi connectivity index (χ1v) is 11.8. The average molecular weight is 475 g/mol. The molecule has 0 atom stereocenters. The third-order valence-corrected chi connectivity index (χ3v) is 5.98. The molecule has 4 rings (SSSR count). The van der Waals surface area contributed by atoms with Crippen LogP contribution in [-0.2, 0) is 16.0 Å². The third-order valence-electron chi connectivity index (χ3n) is 5.98. The maximum absolute atomic E-state index is 12.5. The molecule has 0 radical (unpaired) electrons. The highest BCUT2D eigenvalue weighted by Crippen LogP contribution is 2.27. The lowest BCUT2D eigenvalue weighted by molar-refractivity contribution is -0.115. The van der Waals surface area contributed by atoms with E-state index in [0.29, 0.717) is 28.8 Å². The molecule has 0 heterocycles. The van der Waals surface area contributed by atoms with E-state index in [1.54, 1.807) is 24.3 Å². The van der Waals surface area contributed by atoms with E-state index >= 15 is 0 Å². The third kappa shape index (κ3) is 6.83. The lowest BCUT2D eigenvalue weighted by Crippen LogP contribution is -2.31. The highest BCUT2D eigenvalue weighted by molar-refractivity contribution is 6.01. The number of ether oxygens (including phenoxy) is 3. The van der Waals surface area contributed by atoms with Gasteiger partial charge in [0.2, 0.25) is 5.91 Å². The van der Waals surface area contributed by atoms with Gasteiger partial charge in [0.25, 0.3) is 0 Å². The first-order valence-electron chi connectivity index (χ1n) is 11.8. The molecular formula is C28H30N2O5. The standard InChI is InChI=1S/C28H30N2O5/c1-33-28(32)25-4-2-3-5-26(25)30-27(31)18-19-6-10-21(11-7-19)34-23-14-16-24(17-15-23)35-22-12-8-20(29)9-13-22/h2-7,10-11,14-17,20,22H,8-9,12-13,18,29H2,1H3,(H,30,31). The van der Waals surface area contributed by atoms with Crippen molar-refractivity contribution in [3.8, 4) is 17.2 Å². The molecule has 35 heavy (non-hydrogen) atoms. The van der Waals surface area contributed by atoms with E-state index in [1.165, 1.54) is 7.11 Å². The molecule has 0 spiro atoms. The van der Waals surface area contributed by atoms with Crippen molar-refractivity contribution >= 4 is 17.6 Å². The zero-order valence-electron chi connectivity index (χ0n) is 19.7. The lowest BCUT2D eigenvalue weighted by Gasteiger charge is -2.26. The van der Waals surface area contributed by atoms with E-state index in [9.17, 15) is 9.59 Å². The number of anilines is 1. The maximum Gasteiger partial charge on any atom is 0.339 e. The molecular weight excluding hydrogens is 444 g/mol. The molecule has 1 fully saturated rings. The zero-order chi connectivity index (χ0) is 24.6. The summed E-state index contributed by atoms with van der Waals surface area (Å²) in [5.74, 6) is 1.47. The van der Waals surface area contributed by atoms with Crippen LogP contribution in [0.2, 0.25) is 0 Å². The first kappa shape index (κ1) is 24.3. The monoisotopic (exact) mass is 474 g/mol. The van der Waals surface area contributed by atoms with Gasteiger partial charge in [-0.15, -0.1) is 0 Å². The van der Waals surface area contributed by atoms with Gasteiger partial charge in [-0.05, 0) is 79.8 Å². The minimum Gasteiger partial charge on any atom is -0.490 e. The predicted octanol–water partition coefficient (Wildman–Crippen LogP) is 5.10. The number of rotatable bonds is 8. The smallest absolute Gasteiger partial charge is 0.339 e. The molecule has 0 saturated heterocycles. The molecule has 3 aromatic rings. The number of carbonyl (C=O) groups is 2. The van der Waals surface area contributed by atoms with Crippen molar-refractivity contribution in [1.82, 2.24) is 0 Å². The molecule has 1 aliphatic carbocycles. The van der Waals surface area contributed by atoms with Crippen molar-refractivity contribution < 1.29 is 23.8 Å². The quantitative estimate of drug-likeness (QED) is 0.441. The molecule has 3 aromatic carbocycles. The fourth-order valence-electron chi connectivity index (χ4n) is 4.06. The van der Waals surface area contributed by atoms with Crippen molar-refractivity contribution in [3.05, 3.63) is 83.9 Å². The van der Waals surface area contributed by atoms with Gasteiger partial charge in [-0.2, -0.15) is 0 Å². The second-order valence-electron chi connectivity index (χ2n) is 8.63. The Hall–Kier alpha value is -3.84. The number of nitrogens with one attached hydrogen (secondary N) is 1. The number of methoxy groups -OCH3 is 1. The van der Waals surface area contributed by atoms with Gasteiger partial charge in [-0.1, -0.05) is 24.3 Å². The van der Waals surface area contributed by atoms with Crippen LogP contribution in [0.5, 0.6) is 17.2 Å². The summed E-state index contributed by atoms with van der Waals surface area (Å²) in [5, 5.41) is 2.78. The summed E-state index contributed by atoms with van der Waals surface area (Å²) in [6.45, 7) is 0. The van der Waals surface area contributed by atoms with E-state index < -0.39 is 5.97 Å². The van der Waals surface area contributed by atoms with E-state index in [0.717, 1.165) is 37.0 Å². The topological polar surface area (TPSA) is 99.9 Å². The van der Waals surface area contributed by atoms with Gasteiger partial charge in [-0.25, -0.2) is 4.79 Å². The van der Waals surface area contributed by atoms with Gasteiger partial charge in [0.05, 0.1) is 30.9 Å². The number of hydrogen-bond acceptors (Lipinski definition) is 6. The van der Waals surface area contributed by atoms with E-state index in [4.69, 9.17) is 19.9 Å². The highest BCUT2D eigenvalue weighted by atomic mass is 16.5. The summed E-state index contributed by atoms with van der Waals surface area (Å²) in [6.07, 6.45) is 4.37. The van der Waals surface area contributed by atoms with E-state index in [-0.39, 0.29) is 18.4 Å². The summed E-state index contributed by atoms with van der Waals surface area (Å²) in [6, 6.07) is 21.9. The summed E-state index contributed by atoms with van der Waals surface area (Å²) in [4.78, 5) is 24.4. The van der Waals surface area contributed by atoms with Crippen LogP contribution in [0, 0.1) is 0 Å². The number of benzene rings is 3. The minimum atomic E-state index is -0.499. The van der Waals surface area contributed by atoms with E-state index in [2.05, 4.69) is 5.32 Å². The van der Waals surface area contributed by atoms with Gasteiger partial charge < -0.3 is 25.3 Å². The number of para-hydroxylation sites is 1. The van der Waals surface area contributed by atoms with Gasteiger partial charge in [0.1, 0.15) is 17.2 Å². The summed E-state index contributed by atoms with van der Waals surface area (Å²) in [7, 11) is 1.31. The van der Waals surface area contributed by atoms with Crippen LogP contribution in [0.15, 0.2) is 72.8 Å². The Morgan fingerprint density at radius 1 is 0.857 bits per heavy atom. The molecule has 7 nitrogen and oxygen atoms in total. The highest BCUT2D eigenvalue weighted by Gasteiger charge is 2.19. The Kier molecular flexibility index (Phi) is 8.00. The molecule has 7 heteroatoms. The SMILES string of the molecule is COC(=O)c1ccccc1NC(=O)Cc1ccc(Oc2ccc(OC3CCC(N)CC3)cc2)cc1. The van der Waals surface area contributed by atoms with Crippen LogP contribution < -0.4 is 20.5 Å². The van der Waals surface area contributed by atoms with E-state index in [1.807, 2.05) is 48.5 Å². The summed E-state index contributed by atoms with van der Waals surface area (Å²) < 4.78 is 16.7. The van der Waals surface area contributed by atoms with Crippen LogP contribution in [0.4, 0.5) is 5.69 Å². The molecule has 1 amide bonds. The Morgan fingerprint density at radius 3 is 2.11 bits per heavy atom. The number of esters is 1. The largest absolute Gasteiger partial charge is 0.490 e. The molecule has 1 aliphatic rings. The molecule has 0 bridgehead atoms. The van der Waals surface area contributed by atoms with Crippen molar-refractivity contribution in [2.45, 2.75) is 44.2 Å². The average Bonchev–Trinajstić information content (AvgIpc) is 2.87. The molecule has 0 unspecified atom stereocenters. The van der Waals surface area contributed by atoms with Crippen LogP contribution in [-0.4, -0.2) is 31.1 Å². The van der Waals surface area contributed by atoms with Crippen LogP contribution in [0.3, 0.4) is 0 Å². The molecule has 182 valence electrons. The number of amides is 1. The van der Waals surface area contributed by atoms with Crippen LogP contribution in [0.25, 0.3) is 0 Å². The second kappa shape index (κ2) is 11.5. The summed E-state index contributed by atoms with van der Waals surface area (Å²) in [5.41, 5.74) is 7.51. The second-order valence-corrected chi connectivity index (χ2v) is 8.63. The minimum absolute atomic E-state index is 0.161. The Morgan fingerprint density at radius 2 is 1.46 bits per heavy atom. The van der Waals surface area contributed by atoms with Gasteiger partial charge >= 0.3 is 5.97 Å². The first-order chi connectivity index (χ1) is 17.0. The lowest BCUT2D eigenvalue weighted by atomic mass is 9.94. The maximum atomic E-state index is 12.5. The normalized spacial score (nSPS) is 17.3. The van der Waals surface area contributed by atoms with Crippen molar-refractivity contribution in [2.75, 3.05) is 12.4 Å². The van der Waals surface area contributed by atoms with Crippen LogP contribution >= 0.6 is 0 Å². The van der Waals surface area contributed by atoms with Crippen LogP contribution in [0.1, 0.15) is 41.6 Å². The van der Waals surface area contributed by atoms with Crippen molar-refractivity contribution in [1.29, 1.82) is 0 Å². The molecule has 1 saturated carbocycles. The Labute approximate surface area is 205 Å². The van der Waals surface area contributed by atoms with Gasteiger partial charge in [0.15, 0.2) is 0 Å². The fourth-order valence-corrected chi connectivity index (χ4v) is 4.06. The Bertz CT molecular complexity index is 1140. The Balaban J connectivity index is 1.29. The fraction of sp³-hybridized carbons (Fsp3) is 0.286. The summed E-state index contributed by atoms with van der Waals surface area (Å²) >= 11 is 0. The van der Waals surface area contributed by atoms with Gasteiger partial charge in [0, 0.05) is 6.04 Å². The van der Waals surface area contributed by atoms with Crippen molar-refractivity contribution in [3.63, 3.8) is 0 Å². The van der Waals surface area contributed by atoms with Gasteiger partial charge in [-0.3, -0.25) is 4.79 Å². The molecule has 0 aliphatic heterocycles. The number of carbonyl (C=O) groups excluding carboxylic acids is 2. The molecule has 3 N–H and O–H groups in total. The number of nitrogens with two attached hydrogens (primary N) is 1. The molecule has 0 aromatic heterocycles. The zero-order valence-corrected chi connectivity index (χ0v) is 19.7.